The lowest BCUT2D eigenvalue weighted by molar-refractivity contribution is -0.143. The van der Waals surface area contributed by atoms with Crippen LogP contribution in [-0.2, 0) is 6.18 Å². The number of halogens is 4. The maximum atomic E-state index is 13.5. The van der Waals surface area contributed by atoms with E-state index in [0.717, 1.165) is 24.4 Å². The Balaban J connectivity index is 2.00. The van der Waals surface area contributed by atoms with Gasteiger partial charge in [-0.05, 0) is 24.3 Å². The molecular weight excluding hydrogens is 354 g/mol. The Kier molecular flexibility index (Phi) is 4.37. The number of nitrogens with zero attached hydrogens (tertiary/aromatic N) is 2. The minimum absolute atomic E-state index is 0.106. The number of rotatable bonds is 3. The van der Waals surface area contributed by atoms with Crippen LogP contribution in [0, 0.1) is 5.82 Å². The van der Waals surface area contributed by atoms with Crippen LogP contribution in [0.5, 0.6) is 5.75 Å². The summed E-state index contributed by atoms with van der Waals surface area (Å²) in [5.41, 5.74) is -1.93. The molecule has 0 bridgehead atoms. The molecule has 0 unspecified atom stereocenters. The van der Waals surface area contributed by atoms with Gasteiger partial charge in [-0.2, -0.15) is 18.3 Å². The standard InChI is InChI=1S/C17H11F4N3O2/c18-13-8-10(6-7-14(13)25)23-16(26)12-9-22-24(15(12)17(19,20)21)11-4-2-1-3-5-11/h1-9,25H,(H,23,26). The van der Waals surface area contributed by atoms with Crippen molar-refractivity contribution in [1.82, 2.24) is 9.78 Å². The molecule has 134 valence electrons. The molecule has 0 aliphatic rings. The van der Waals surface area contributed by atoms with E-state index in [1.165, 1.54) is 24.3 Å². The second kappa shape index (κ2) is 6.51. The predicted molar refractivity (Wildman–Crippen MR) is 84.6 cm³/mol. The first-order valence-electron chi connectivity index (χ1n) is 7.28. The van der Waals surface area contributed by atoms with Gasteiger partial charge in [0.1, 0.15) is 0 Å². The third-order valence-corrected chi connectivity index (χ3v) is 3.49. The molecule has 0 aliphatic carbocycles. The quantitative estimate of drug-likeness (QED) is 0.545. The fraction of sp³-hybridized carbons (Fsp3) is 0.0588. The van der Waals surface area contributed by atoms with Crippen LogP contribution >= 0.6 is 0 Å². The molecule has 1 heterocycles. The monoisotopic (exact) mass is 365 g/mol. The number of alkyl halides is 3. The Morgan fingerprint density at radius 2 is 1.81 bits per heavy atom. The van der Waals surface area contributed by atoms with E-state index in [0.29, 0.717) is 4.68 Å². The van der Waals surface area contributed by atoms with Crippen molar-refractivity contribution in [2.75, 3.05) is 5.32 Å². The van der Waals surface area contributed by atoms with Gasteiger partial charge < -0.3 is 10.4 Å². The zero-order valence-electron chi connectivity index (χ0n) is 13.0. The van der Waals surface area contributed by atoms with Crippen molar-refractivity contribution in [2.24, 2.45) is 0 Å². The average molecular weight is 365 g/mol. The Labute approximate surface area is 144 Å². The van der Waals surface area contributed by atoms with E-state index in [1.54, 1.807) is 6.07 Å². The smallest absolute Gasteiger partial charge is 0.434 e. The molecule has 9 heteroatoms. The highest BCUT2D eigenvalue weighted by molar-refractivity contribution is 6.05. The molecule has 0 radical (unpaired) electrons. The van der Waals surface area contributed by atoms with E-state index in [1.807, 2.05) is 0 Å². The molecule has 0 fully saturated rings. The lowest BCUT2D eigenvalue weighted by atomic mass is 10.2. The number of phenols is 1. The second-order valence-corrected chi connectivity index (χ2v) is 5.27. The molecular formula is C17H11F4N3O2. The number of aromatic nitrogens is 2. The van der Waals surface area contributed by atoms with Crippen molar-refractivity contribution < 1.29 is 27.5 Å². The SMILES string of the molecule is O=C(Nc1ccc(O)c(F)c1)c1cnn(-c2ccccc2)c1C(F)(F)F. The van der Waals surface area contributed by atoms with E-state index in [2.05, 4.69) is 10.4 Å². The summed E-state index contributed by atoms with van der Waals surface area (Å²) in [6.07, 6.45) is -4.05. The fourth-order valence-corrected chi connectivity index (χ4v) is 2.34. The van der Waals surface area contributed by atoms with Crippen LogP contribution in [0.2, 0.25) is 0 Å². The van der Waals surface area contributed by atoms with Gasteiger partial charge in [0.15, 0.2) is 17.3 Å². The van der Waals surface area contributed by atoms with Gasteiger partial charge in [-0.3, -0.25) is 4.79 Å². The van der Waals surface area contributed by atoms with Crippen LogP contribution in [-0.4, -0.2) is 20.8 Å². The number of carbonyl (C=O) groups is 1. The molecule has 2 aromatic carbocycles. The van der Waals surface area contributed by atoms with Crippen molar-refractivity contribution in [3.05, 3.63) is 71.8 Å². The Hall–Kier alpha value is -3.36. The van der Waals surface area contributed by atoms with Gasteiger partial charge in [0.2, 0.25) is 0 Å². The number of phenolic OH excluding ortho intramolecular Hbond substituents is 1. The molecule has 0 aliphatic heterocycles. The lowest BCUT2D eigenvalue weighted by Crippen LogP contribution is -2.20. The van der Waals surface area contributed by atoms with Crippen LogP contribution in [0.3, 0.4) is 0 Å². The van der Waals surface area contributed by atoms with Crippen LogP contribution in [0.25, 0.3) is 5.69 Å². The topological polar surface area (TPSA) is 67.2 Å². The number of aromatic hydroxyl groups is 1. The number of para-hydroxylation sites is 1. The van der Waals surface area contributed by atoms with Crippen molar-refractivity contribution >= 4 is 11.6 Å². The number of benzene rings is 2. The van der Waals surface area contributed by atoms with Gasteiger partial charge in [0.25, 0.3) is 5.91 Å². The van der Waals surface area contributed by atoms with Crippen molar-refractivity contribution in [1.29, 1.82) is 0 Å². The molecule has 2 N–H and O–H groups in total. The highest BCUT2D eigenvalue weighted by atomic mass is 19.4. The Morgan fingerprint density at radius 1 is 1.12 bits per heavy atom. The predicted octanol–water partition coefficient (Wildman–Crippen LogP) is 3.99. The summed E-state index contributed by atoms with van der Waals surface area (Å²) < 4.78 is 54.5. The average Bonchev–Trinajstić information content (AvgIpc) is 3.04. The van der Waals surface area contributed by atoms with Crippen LogP contribution in [0.4, 0.5) is 23.2 Å². The molecule has 0 saturated carbocycles. The van der Waals surface area contributed by atoms with Crippen molar-refractivity contribution in [3.63, 3.8) is 0 Å². The van der Waals surface area contributed by atoms with Crippen molar-refractivity contribution in [3.8, 4) is 11.4 Å². The fourth-order valence-electron chi connectivity index (χ4n) is 2.34. The first-order chi connectivity index (χ1) is 12.3. The molecule has 3 aromatic rings. The summed E-state index contributed by atoms with van der Waals surface area (Å²) in [6.45, 7) is 0. The maximum absolute atomic E-state index is 13.5. The molecule has 0 saturated heterocycles. The molecule has 0 atom stereocenters. The van der Waals surface area contributed by atoms with Gasteiger partial charge >= 0.3 is 6.18 Å². The minimum Gasteiger partial charge on any atom is -0.505 e. The molecule has 1 aromatic heterocycles. The van der Waals surface area contributed by atoms with E-state index >= 15 is 0 Å². The normalized spacial score (nSPS) is 11.4. The van der Waals surface area contributed by atoms with Gasteiger partial charge in [0.05, 0.1) is 17.4 Å². The first kappa shape index (κ1) is 17.5. The van der Waals surface area contributed by atoms with Gasteiger partial charge in [-0.15, -0.1) is 0 Å². The summed E-state index contributed by atoms with van der Waals surface area (Å²) >= 11 is 0. The lowest BCUT2D eigenvalue weighted by Gasteiger charge is -2.13. The summed E-state index contributed by atoms with van der Waals surface area (Å²) in [7, 11) is 0. The number of carbonyl (C=O) groups excluding carboxylic acids is 1. The summed E-state index contributed by atoms with van der Waals surface area (Å²) in [5, 5.41) is 15.0. The zero-order chi connectivity index (χ0) is 18.9. The maximum Gasteiger partial charge on any atom is 0.434 e. The molecule has 5 nitrogen and oxygen atoms in total. The zero-order valence-corrected chi connectivity index (χ0v) is 13.0. The van der Waals surface area contributed by atoms with Gasteiger partial charge in [-0.25, -0.2) is 9.07 Å². The van der Waals surface area contributed by atoms with Crippen molar-refractivity contribution in [2.45, 2.75) is 6.18 Å². The number of hydrogen-bond donors (Lipinski definition) is 2. The highest BCUT2D eigenvalue weighted by Crippen LogP contribution is 2.34. The van der Waals surface area contributed by atoms with Crippen LogP contribution < -0.4 is 5.32 Å². The largest absolute Gasteiger partial charge is 0.505 e. The third kappa shape index (κ3) is 3.37. The highest BCUT2D eigenvalue weighted by Gasteiger charge is 2.40. The molecule has 3 rings (SSSR count). The van der Waals surface area contributed by atoms with Gasteiger partial charge in [-0.1, -0.05) is 18.2 Å². The van der Waals surface area contributed by atoms with Crippen LogP contribution in [0.1, 0.15) is 16.1 Å². The molecule has 26 heavy (non-hydrogen) atoms. The molecule has 0 spiro atoms. The Morgan fingerprint density at radius 3 is 2.42 bits per heavy atom. The molecule has 1 amide bonds. The first-order valence-corrected chi connectivity index (χ1v) is 7.28. The third-order valence-electron chi connectivity index (χ3n) is 3.49. The minimum atomic E-state index is -4.85. The van der Waals surface area contributed by atoms with E-state index in [9.17, 15) is 22.4 Å². The van der Waals surface area contributed by atoms with Gasteiger partial charge in [0, 0.05) is 11.8 Å². The Bertz CT molecular complexity index is 952. The number of nitrogens with one attached hydrogen (secondary N) is 1. The number of anilines is 1. The number of hydrogen-bond acceptors (Lipinski definition) is 3. The van der Waals surface area contributed by atoms with E-state index in [-0.39, 0.29) is 11.4 Å². The van der Waals surface area contributed by atoms with E-state index < -0.39 is 34.9 Å². The second-order valence-electron chi connectivity index (χ2n) is 5.27. The van der Waals surface area contributed by atoms with E-state index in [4.69, 9.17) is 5.11 Å². The summed E-state index contributed by atoms with van der Waals surface area (Å²) in [5.74, 6) is -2.76. The number of amides is 1. The summed E-state index contributed by atoms with van der Waals surface area (Å²) in [6, 6.07) is 10.5. The van der Waals surface area contributed by atoms with Crippen LogP contribution in [0.15, 0.2) is 54.7 Å². The summed E-state index contributed by atoms with van der Waals surface area (Å²) in [4.78, 5) is 12.3.